The number of primary amides is 1. The van der Waals surface area contributed by atoms with E-state index in [1.54, 1.807) is 0 Å². The van der Waals surface area contributed by atoms with E-state index >= 15 is 0 Å². The van der Waals surface area contributed by atoms with E-state index in [0.717, 1.165) is 0 Å². The van der Waals surface area contributed by atoms with Gasteiger partial charge in [-0.05, 0) is 12.8 Å². The molecule has 1 aliphatic carbocycles. The highest BCUT2D eigenvalue weighted by molar-refractivity contribution is 7.90. The molecule has 0 radical (unpaired) electrons. The van der Waals surface area contributed by atoms with Crippen LogP contribution in [0.3, 0.4) is 0 Å². The van der Waals surface area contributed by atoms with Crippen LogP contribution in [0.15, 0.2) is 0 Å². The van der Waals surface area contributed by atoms with E-state index in [-0.39, 0.29) is 0 Å². The average molecular weight is 236 g/mol. The lowest BCUT2D eigenvalue weighted by molar-refractivity contribution is -0.140. The Balaban J connectivity index is 2.65. The summed E-state index contributed by atoms with van der Waals surface area (Å²) in [6, 6.07) is -1.46. The van der Waals surface area contributed by atoms with E-state index in [4.69, 9.17) is 10.8 Å². The summed E-state index contributed by atoms with van der Waals surface area (Å²) in [6.45, 7) is 0. The average Bonchev–Trinajstić information content (AvgIpc) is 2.82. The van der Waals surface area contributed by atoms with Crippen LogP contribution in [0.5, 0.6) is 0 Å². The van der Waals surface area contributed by atoms with Crippen LogP contribution in [0.1, 0.15) is 19.3 Å². The van der Waals surface area contributed by atoms with E-state index in [0.29, 0.717) is 12.8 Å². The number of sulfonamides is 1. The van der Waals surface area contributed by atoms with Crippen molar-refractivity contribution in [1.29, 1.82) is 0 Å². The molecule has 1 amide bonds. The molecular weight excluding hydrogens is 224 g/mol. The predicted octanol–water partition coefficient (Wildman–Crippen LogP) is -1.60. The van der Waals surface area contributed by atoms with Crippen LogP contribution in [0.2, 0.25) is 0 Å². The molecule has 1 fully saturated rings. The molecule has 1 saturated carbocycles. The van der Waals surface area contributed by atoms with E-state index in [9.17, 15) is 18.0 Å². The molecule has 1 aliphatic rings. The summed E-state index contributed by atoms with van der Waals surface area (Å²) in [5.41, 5.74) is 4.80. The Labute approximate surface area is 86.7 Å². The van der Waals surface area contributed by atoms with Gasteiger partial charge in [-0.3, -0.25) is 9.59 Å². The van der Waals surface area contributed by atoms with Gasteiger partial charge in [0.25, 0.3) is 0 Å². The van der Waals surface area contributed by atoms with Gasteiger partial charge in [-0.1, -0.05) is 0 Å². The molecule has 0 aliphatic heterocycles. The van der Waals surface area contributed by atoms with Crippen LogP contribution < -0.4 is 10.5 Å². The normalized spacial score (nSPS) is 18.4. The Morgan fingerprint density at radius 1 is 1.47 bits per heavy atom. The van der Waals surface area contributed by atoms with Gasteiger partial charge in [0.15, 0.2) is 0 Å². The van der Waals surface area contributed by atoms with Crippen LogP contribution in [0.25, 0.3) is 0 Å². The number of nitrogens with two attached hydrogens (primary N) is 1. The number of aliphatic carboxylic acids is 1. The highest BCUT2D eigenvalue weighted by Crippen LogP contribution is 2.27. The lowest BCUT2D eigenvalue weighted by atomic mass is 10.2. The molecule has 1 rings (SSSR count). The zero-order chi connectivity index (χ0) is 11.6. The smallest absolute Gasteiger partial charge is 0.322 e. The first kappa shape index (κ1) is 11.9. The second-order valence-corrected chi connectivity index (χ2v) is 5.42. The Bertz CT molecular complexity index is 373. The molecule has 15 heavy (non-hydrogen) atoms. The molecular formula is C7H12N2O5S. The fraction of sp³-hybridized carbons (Fsp3) is 0.714. The van der Waals surface area contributed by atoms with Gasteiger partial charge >= 0.3 is 5.97 Å². The molecule has 4 N–H and O–H groups in total. The Hall–Kier alpha value is -1.15. The Morgan fingerprint density at radius 2 is 2.00 bits per heavy atom. The van der Waals surface area contributed by atoms with Gasteiger partial charge in [0.05, 0.1) is 11.7 Å². The fourth-order valence-electron chi connectivity index (χ4n) is 1.05. The summed E-state index contributed by atoms with van der Waals surface area (Å²) in [5, 5.41) is 8.13. The van der Waals surface area contributed by atoms with Crippen molar-refractivity contribution in [2.45, 2.75) is 30.6 Å². The number of rotatable bonds is 6. The van der Waals surface area contributed by atoms with Crippen LogP contribution >= 0.6 is 0 Å². The number of carboxylic acid groups (broad SMARTS) is 1. The second kappa shape index (κ2) is 4.15. The van der Waals surface area contributed by atoms with Gasteiger partial charge in [0.1, 0.15) is 6.04 Å². The highest BCUT2D eigenvalue weighted by atomic mass is 32.2. The molecule has 0 aromatic heterocycles. The number of carboxylic acids is 1. The molecule has 8 heteroatoms. The number of nitrogens with one attached hydrogen (secondary N) is 1. The van der Waals surface area contributed by atoms with Gasteiger partial charge in [0.2, 0.25) is 15.9 Å². The van der Waals surface area contributed by atoms with Crippen molar-refractivity contribution < 1.29 is 23.1 Å². The third-order valence-corrected chi connectivity index (χ3v) is 3.94. The van der Waals surface area contributed by atoms with E-state index < -0.39 is 39.6 Å². The summed E-state index contributed by atoms with van der Waals surface area (Å²) < 4.78 is 24.7. The van der Waals surface area contributed by atoms with Gasteiger partial charge in [-0.25, -0.2) is 13.1 Å². The van der Waals surface area contributed by atoms with Crippen molar-refractivity contribution in [3.63, 3.8) is 0 Å². The first-order valence-corrected chi connectivity index (χ1v) is 5.90. The monoisotopic (exact) mass is 236 g/mol. The van der Waals surface area contributed by atoms with E-state index in [1.165, 1.54) is 0 Å². The van der Waals surface area contributed by atoms with Crippen LogP contribution in [0, 0.1) is 0 Å². The number of carbonyl (C=O) groups excluding carboxylic acids is 1. The maximum Gasteiger partial charge on any atom is 0.322 e. The van der Waals surface area contributed by atoms with Gasteiger partial charge < -0.3 is 10.8 Å². The fourth-order valence-corrected chi connectivity index (χ4v) is 2.58. The minimum absolute atomic E-state index is 0.521. The number of hydrogen-bond acceptors (Lipinski definition) is 4. The summed E-state index contributed by atoms with van der Waals surface area (Å²) in [5.74, 6) is -2.26. The maximum atomic E-state index is 11.4. The zero-order valence-electron chi connectivity index (χ0n) is 7.84. The molecule has 0 saturated heterocycles. The summed E-state index contributed by atoms with van der Waals surface area (Å²) in [7, 11) is -3.62. The molecule has 1 unspecified atom stereocenters. The van der Waals surface area contributed by atoms with Gasteiger partial charge in [0, 0.05) is 0 Å². The first-order chi connectivity index (χ1) is 6.83. The van der Waals surface area contributed by atoms with Crippen molar-refractivity contribution in [2.24, 2.45) is 5.73 Å². The third-order valence-electron chi connectivity index (χ3n) is 1.97. The van der Waals surface area contributed by atoms with E-state index in [2.05, 4.69) is 0 Å². The molecule has 0 aromatic carbocycles. The SMILES string of the molecule is NC(=O)CC(NS(=O)(=O)C1CC1)C(=O)O. The number of amides is 1. The van der Waals surface area contributed by atoms with Crippen molar-refractivity contribution in [3.05, 3.63) is 0 Å². The third kappa shape index (κ3) is 3.48. The highest BCUT2D eigenvalue weighted by Gasteiger charge is 2.38. The molecule has 7 nitrogen and oxygen atoms in total. The van der Waals surface area contributed by atoms with Crippen LogP contribution in [-0.2, 0) is 19.6 Å². The Morgan fingerprint density at radius 3 is 2.33 bits per heavy atom. The van der Waals surface area contributed by atoms with E-state index in [1.807, 2.05) is 4.72 Å². The van der Waals surface area contributed by atoms with Crippen LogP contribution in [-0.4, -0.2) is 36.7 Å². The first-order valence-electron chi connectivity index (χ1n) is 4.35. The standard InChI is InChI=1S/C7H12N2O5S/c8-6(10)3-5(7(11)12)9-15(13,14)4-1-2-4/h4-5,9H,1-3H2,(H2,8,10)(H,11,12). The zero-order valence-corrected chi connectivity index (χ0v) is 8.66. The molecule has 0 spiro atoms. The molecule has 0 aromatic rings. The van der Waals surface area contributed by atoms with Crippen molar-refractivity contribution in [2.75, 3.05) is 0 Å². The summed E-state index contributed by atoms with van der Waals surface area (Å²) in [4.78, 5) is 21.1. The van der Waals surface area contributed by atoms with Gasteiger partial charge in [-0.15, -0.1) is 0 Å². The quantitative estimate of drug-likeness (QED) is 0.511. The number of carbonyl (C=O) groups is 2. The summed E-state index contributed by atoms with van der Waals surface area (Å²) in [6.07, 6.45) is 0.512. The Kier molecular flexibility index (Phi) is 3.30. The van der Waals surface area contributed by atoms with Crippen molar-refractivity contribution in [3.8, 4) is 0 Å². The molecule has 1 atom stereocenters. The predicted molar refractivity (Wildman–Crippen MR) is 50.3 cm³/mol. The largest absolute Gasteiger partial charge is 0.480 e. The lowest BCUT2D eigenvalue weighted by Gasteiger charge is -2.12. The molecule has 0 heterocycles. The van der Waals surface area contributed by atoms with Gasteiger partial charge in [-0.2, -0.15) is 0 Å². The summed E-state index contributed by atoms with van der Waals surface area (Å²) >= 11 is 0. The lowest BCUT2D eigenvalue weighted by Crippen LogP contribution is -2.44. The van der Waals surface area contributed by atoms with Crippen LogP contribution in [0.4, 0.5) is 0 Å². The molecule has 86 valence electrons. The minimum Gasteiger partial charge on any atom is -0.480 e. The van der Waals surface area contributed by atoms with Crippen molar-refractivity contribution >= 4 is 21.9 Å². The maximum absolute atomic E-state index is 11.4. The minimum atomic E-state index is -3.62. The second-order valence-electron chi connectivity index (χ2n) is 3.42. The number of hydrogen-bond donors (Lipinski definition) is 3. The molecule has 0 bridgehead atoms. The van der Waals surface area contributed by atoms with Crippen molar-refractivity contribution in [1.82, 2.24) is 4.72 Å². The topological polar surface area (TPSA) is 127 Å².